The van der Waals surface area contributed by atoms with Crippen LogP contribution in [0.25, 0.3) is 0 Å². The van der Waals surface area contributed by atoms with Crippen LogP contribution in [0.3, 0.4) is 0 Å². The minimum Gasteiger partial charge on any atom is -0.287 e. The molecule has 0 aliphatic carbocycles. The minimum absolute atomic E-state index is 0.656. The highest BCUT2D eigenvalue weighted by atomic mass is 31.1. The van der Waals surface area contributed by atoms with Crippen molar-refractivity contribution in [3.63, 3.8) is 0 Å². The predicted octanol–water partition coefficient (Wildman–Crippen LogP) is 2.91. The van der Waals surface area contributed by atoms with Crippen molar-refractivity contribution in [3.05, 3.63) is 60.7 Å². The van der Waals surface area contributed by atoms with Crippen molar-refractivity contribution in [2.45, 2.75) is 6.43 Å². The first-order chi connectivity index (χ1) is 8.70. The summed E-state index contributed by atoms with van der Waals surface area (Å²) in [5.41, 5.74) is -0.998. The first-order valence-corrected chi connectivity index (χ1v) is 6.76. The molecule has 0 amide bonds. The van der Waals surface area contributed by atoms with E-state index >= 15 is 0 Å². The molecule has 0 saturated carbocycles. The van der Waals surface area contributed by atoms with E-state index in [-0.39, 0.29) is 0 Å². The summed E-state index contributed by atoms with van der Waals surface area (Å²) >= 11 is 0. The van der Waals surface area contributed by atoms with Gasteiger partial charge in [-0.25, -0.2) is 8.78 Å². The van der Waals surface area contributed by atoms with Crippen molar-refractivity contribution < 1.29 is 13.6 Å². The normalized spacial score (nSPS) is 10.9. The van der Waals surface area contributed by atoms with Gasteiger partial charge in [-0.1, -0.05) is 60.7 Å². The molecule has 0 N–H and O–H groups in total. The third-order valence-electron chi connectivity index (χ3n) is 2.44. The largest absolute Gasteiger partial charge is 0.300 e. The summed E-state index contributed by atoms with van der Waals surface area (Å²) in [4.78, 5) is 11.7. The molecule has 0 atom stereocenters. The Kier molecular flexibility index (Phi) is 4.16. The molecule has 2 aromatic rings. The highest BCUT2D eigenvalue weighted by molar-refractivity contribution is 7.87. The molecule has 0 aromatic heterocycles. The highest BCUT2D eigenvalue weighted by Gasteiger charge is 2.29. The molecule has 18 heavy (non-hydrogen) atoms. The first kappa shape index (κ1) is 12.8. The van der Waals surface area contributed by atoms with Gasteiger partial charge in [0.2, 0.25) is 5.52 Å². The fraction of sp³-hybridized carbons (Fsp3) is 0.0714. The monoisotopic (exact) mass is 264 g/mol. The molecule has 0 aliphatic rings. The number of carbonyl (C=O) groups excluding carboxylic acids is 1. The fourth-order valence-corrected chi connectivity index (χ4v) is 3.60. The summed E-state index contributed by atoms with van der Waals surface area (Å²) in [6.45, 7) is 0. The Morgan fingerprint density at radius 2 is 1.22 bits per heavy atom. The second kappa shape index (κ2) is 5.83. The number of alkyl halides is 2. The standard InChI is InChI=1S/C14H11F2OP/c15-13(16)14(17)18(11-7-3-1-4-8-11)12-9-5-2-6-10-12/h1-10,13H. The summed E-state index contributed by atoms with van der Waals surface area (Å²) in [6.07, 6.45) is -2.93. The molecule has 4 heteroatoms. The number of benzene rings is 2. The van der Waals surface area contributed by atoms with Gasteiger partial charge in [-0.05, 0) is 10.6 Å². The van der Waals surface area contributed by atoms with Gasteiger partial charge in [-0.2, -0.15) is 0 Å². The third-order valence-corrected chi connectivity index (χ3v) is 4.70. The van der Waals surface area contributed by atoms with E-state index in [2.05, 4.69) is 0 Å². The Bertz CT molecular complexity index is 474. The topological polar surface area (TPSA) is 17.1 Å². The summed E-state index contributed by atoms with van der Waals surface area (Å²) in [5, 5.41) is 1.31. The van der Waals surface area contributed by atoms with Crippen LogP contribution in [0, 0.1) is 0 Å². The second-order valence-electron chi connectivity index (χ2n) is 3.65. The maximum atomic E-state index is 12.7. The lowest BCUT2D eigenvalue weighted by Crippen LogP contribution is -2.22. The van der Waals surface area contributed by atoms with Gasteiger partial charge in [0.15, 0.2) is 0 Å². The van der Waals surface area contributed by atoms with E-state index in [0.717, 1.165) is 0 Å². The predicted molar refractivity (Wildman–Crippen MR) is 70.1 cm³/mol. The average Bonchev–Trinajstić information content (AvgIpc) is 2.41. The quantitative estimate of drug-likeness (QED) is 0.776. The van der Waals surface area contributed by atoms with Gasteiger partial charge in [0.1, 0.15) is 0 Å². The Labute approximate surface area is 105 Å². The molecule has 2 aromatic carbocycles. The summed E-state index contributed by atoms with van der Waals surface area (Å²) in [5.74, 6) is 0. The van der Waals surface area contributed by atoms with Crippen LogP contribution in [-0.2, 0) is 4.79 Å². The van der Waals surface area contributed by atoms with Crippen LogP contribution in [-0.4, -0.2) is 11.9 Å². The molecule has 2 rings (SSSR count). The van der Waals surface area contributed by atoms with Gasteiger partial charge < -0.3 is 0 Å². The van der Waals surface area contributed by atoms with Crippen LogP contribution >= 0.6 is 7.92 Å². The minimum atomic E-state index is -2.93. The van der Waals surface area contributed by atoms with Crippen LogP contribution in [0.1, 0.15) is 0 Å². The number of carbonyl (C=O) groups is 1. The number of rotatable bonds is 4. The van der Waals surface area contributed by atoms with E-state index in [1.54, 1.807) is 60.7 Å². The molecule has 0 aliphatic heterocycles. The second-order valence-corrected chi connectivity index (χ2v) is 5.79. The maximum Gasteiger partial charge on any atom is 0.300 e. The van der Waals surface area contributed by atoms with E-state index in [1.807, 2.05) is 0 Å². The zero-order valence-corrected chi connectivity index (χ0v) is 10.4. The van der Waals surface area contributed by atoms with Crippen LogP contribution in [0.4, 0.5) is 8.78 Å². The average molecular weight is 264 g/mol. The van der Waals surface area contributed by atoms with Crippen LogP contribution in [0.15, 0.2) is 60.7 Å². The molecule has 92 valence electrons. The molecule has 0 heterocycles. The molecular formula is C14H11F2OP. The van der Waals surface area contributed by atoms with Crippen molar-refractivity contribution in [3.8, 4) is 0 Å². The van der Waals surface area contributed by atoms with Crippen molar-refractivity contribution >= 4 is 24.1 Å². The van der Waals surface area contributed by atoms with E-state index in [0.29, 0.717) is 10.6 Å². The zero-order chi connectivity index (χ0) is 13.0. The SMILES string of the molecule is O=C(C(F)F)P(c1ccccc1)c1ccccc1. The Morgan fingerprint density at radius 3 is 1.56 bits per heavy atom. The van der Waals surface area contributed by atoms with Crippen molar-refractivity contribution in [1.82, 2.24) is 0 Å². The summed E-state index contributed by atoms with van der Waals surface area (Å²) in [6, 6.07) is 17.5. The van der Waals surface area contributed by atoms with Gasteiger partial charge in [-0.3, -0.25) is 4.79 Å². The van der Waals surface area contributed by atoms with E-state index in [4.69, 9.17) is 0 Å². The van der Waals surface area contributed by atoms with Crippen LogP contribution in [0.2, 0.25) is 0 Å². The summed E-state index contributed by atoms with van der Waals surface area (Å²) < 4.78 is 25.4. The van der Waals surface area contributed by atoms with E-state index in [9.17, 15) is 13.6 Å². The van der Waals surface area contributed by atoms with Crippen LogP contribution in [0.5, 0.6) is 0 Å². The zero-order valence-electron chi connectivity index (χ0n) is 9.46. The summed E-state index contributed by atoms with van der Waals surface area (Å²) in [7, 11) is -1.64. The Hall–Kier alpha value is -1.60. The van der Waals surface area contributed by atoms with Gasteiger partial charge in [0.25, 0.3) is 0 Å². The molecule has 0 bridgehead atoms. The van der Waals surface area contributed by atoms with Crippen molar-refractivity contribution in [1.29, 1.82) is 0 Å². The number of hydrogen-bond donors (Lipinski definition) is 0. The van der Waals surface area contributed by atoms with Crippen LogP contribution < -0.4 is 10.6 Å². The lowest BCUT2D eigenvalue weighted by Gasteiger charge is -2.16. The van der Waals surface area contributed by atoms with Crippen molar-refractivity contribution in [2.24, 2.45) is 0 Å². The molecule has 0 unspecified atom stereocenters. The number of halogens is 2. The van der Waals surface area contributed by atoms with E-state index in [1.165, 1.54) is 0 Å². The smallest absolute Gasteiger partial charge is 0.287 e. The van der Waals surface area contributed by atoms with Gasteiger partial charge in [-0.15, -0.1) is 0 Å². The van der Waals surface area contributed by atoms with Crippen molar-refractivity contribution in [2.75, 3.05) is 0 Å². The maximum absolute atomic E-state index is 12.7. The Morgan fingerprint density at radius 1 is 0.833 bits per heavy atom. The third kappa shape index (κ3) is 2.80. The van der Waals surface area contributed by atoms with Gasteiger partial charge >= 0.3 is 6.43 Å². The lowest BCUT2D eigenvalue weighted by atomic mass is 10.4. The molecule has 0 spiro atoms. The lowest BCUT2D eigenvalue weighted by molar-refractivity contribution is -0.120. The highest BCUT2D eigenvalue weighted by Crippen LogP contribution is 2.36. The molecule has 0 fully saturated rings. The molecular weight excluding hydrogens is 253 g/mol. The molecule has 1 nitrogen and oxygen atoms in total. The molecule has 0 radical (unpaired) electrons. The van der Waals surface area contributed by atoms with Gasteiger partial charge in [0.05, 0.1) is 0 Å². The fourth-order valence-electron chi connectivity index (χ4n) is 1.66. The van der Waals surface area contributed by atoms with E-state index < -0.39 is 19.9 Å². The van der Waals surface area contributed by atoms with Gasteiger partial charge in [0, 0.05) is 7.92 Å². The first-order valence-electron chi connectivity index (χ1n) is 5.42. The molecule has 0 saturated heterocycles. The Balaban J connectivity index is 2.45. The number of hydrogen-bond acceptors (Lipinski definition) is 1.